The molecule has 33 heavy (non-hydrogen) atoms. The molecule has 2 aliphatic carbocycles. The van der Waals surface area contributed by atoms with Crippen LogP contribution in [-0.2, 0) is 11.2 Å². The Balaban J connectivity index is 1.26. The van der Waals surface area contributed by atoms with Gasteiger partial charge in [0.1, 0.15) is 6.17 Å². The Bertz CT molecular complexity index is 1010. The van der Waals surface area contributed by atoms with Crippen molar-refractivity contribution in [1.29, 1.82) is 0 Å². The molecule has 1 saturated carbocycles. The molecule has 2 unspecified atom stereocenters. The third kappa shape index (κ3) is 4.58. The van der Waals surface area contributed by atoms with Crippen molar-refractivity contribution in [2.75, 3.05) is 36.4 Å². The van der Waals surface area contributed by atoms with Crippen LogP contribution >= 0.6 is 0 Å². The number of piperazine rings is 1. The highest BCUT2D eigenvalue weighted by Crippen LogP contribution is 2.43. The third-order valence-corrected chi connectivity index (χ3v) is 7.28. The lowest BCUT2D eigenvalue weighted by atomic mass is 9.81. The SMILES string of the molecule is NC(C=O)N1CCN(c2ccc(Nc3ncc4c(n3)C(C3CCCC3)C(O)=CC4)cc2)CC1. The van der Waals surface area contributed by atoms with Crippen molar-refractivity contribution >= 4 is 23.6 Å². The van der Waals surface area contributed by atoms with Gasteiger partial charge in [-0.15, -0.1) is 0 Å². The van der Waals surface area contributed by atoms with Gasteiger partial charge in [0.05, 0.1) is 17.4 Å². The number of nitrogens with one attached hydrogen (secondary N) is 1. The lowest BCUT2D eigenvalue weighted by Gasteiger charge is -2.37. The maximum atomic E-state index is 10.9. The van der Waals surface area contributed by atoms with Gasteiger partial charge in [0, 0.05) is 43.8 Å². The van der Waals surface area contributed by atoms with E-state index in [4.69, 9.17) is 10.7 Å². The quantitative estimate of drug-likeness (QED) is 0.579. The molecule has 4 N–H and O–H groups in total. The highest BCUT2D eigenvalue weighted by molar-refractivity contribution is 5.60. The number of hydrogen-bond acceptors (Lipinski definition) is 8. The summed E-state index contributed by atoms with van der Waals surface area (Å²) in [6.45, 7) is 3.21. The average Bonchev–Trinajstić information content (AvgIpc) is 3.38. The topological polar surface area (TPSA) is 108 Å². The van der Waals surface area contributed by atoms with E-state index < -0.39 is 6.17 Å². The monoisotopic (exact) mass is 448 g/mol. The van der Waals surface area contributed by atoms with Crippen molar-refractivity contribution in [3.8, 4) is 0 Å². The predicted octanol–water partition coefficient (Wildman–Crippen LogP) is 3.10. The minimum absolute atomic E-state index is 0.00632. The number of carbonyl (C=O) groups excluding carboxylic acids is 1. The highest BCUT2D eigenvalue weighted by atomic mass is 16.3. The molecule has 8 heteroatoms. The van der Waals surface area contributed by atoms with Gasteiger partial charge in [-0.05, 0) is 61.1 Å². The van der Waals surface area contributed by atoms with E-state index >= 15 is 0 Å². The Labute approximate surface area is 194 Å². The van der Waals surface area contributed by atoms with Crippen LogP contribution in [0.25, 0.3) is 0 Å². The van der Waals surface area contributed by atoms with Gasteiger partial charge in [-0.2, -0.15) is 0 Å². The van der Waals surface area contributed by atoms with Crippen molar-refractivity contribution in [2.24, 2.45) is 11.7 Å². The standard InChI is InChI=1S/C25H32N6O2/c26-22(16-32)31-13-11-30(12-14-31)20-8-6-19(7-9-20)28-25-27-15-18-5-10-21(33)23(24(18)29-25)17-3-1-2-4-17/h6-10,15-17,22-23,33H,1-5,11-14,26H2,(H,27,28,29). The maximum Gasteiger partial charge on any atom is 0.227 e. The summed E-state index contributed by atoms with van der Waals surface area (Å²) in [4.78, 5) is 24.6. The summed E-state index contributed by atoms with van der Waals surface area (Å²) in [6, 6.07) is 8.25. The molecule has 0 radical (unpaired) electrons. The van der Waals surface area contributed by atoms with Crippen LogP contribution in [0.3, 0.4) is 0 Å². The first-order valence-corrected chi connectivity index (χ1v) is 11.9. The zero-order chi connectivity index (χ0) is 22.8. The van der Waals surface area contributed by atoms with Crippen molar-refractivity contribution in [3.05, 3.63) is 53.6 Å². The van der Waals surface area contributed by atoms with Crippen LogP contribution in [0.4, 0.5) is 17.3 Å². The predicted molar refractivity (Wildman–Crippen MR) is 129 cm³/mol. The summed E-state index contributed by atoms with van der Waals surface area (Å²) >= 11 is 0. The van der Waals surface area contributed by atoms with Crippen LogP contribution in [0.1, 0.15) is 42.9 Å². The molecule has 1 saturated heterocycles. The van der Waals surface area contributed by atoms with Crippen molar-refractivity contribution in [3.63, 3.8) is 0 Å². The number of benzene rings is 1. The number of aromatic nitrogens is 2. The van der Waals surface area contributed by atoms with E-state index in [0.717, 1.165) is 67.9 Å². The van der Waals surface area contributed by atoms with Gasteiger partial charge in [-0.3, -0.25) is 4.90 Å². The van der Waals surface area contributed by atoms with Gasteiger partial charge >= 0.3 is 0 Å². The minimum atomic E-state index is -0.513. The van der Waals surface area contributed by atoms with Crippen molar-refractivity contribution < 1.29 is 9.90 Å². The van der Waals surface area contributed by atoms with Gasteiger partial charge in [0.15, 0.2) is 6.29 Å². The van der Waals surface area contributed by atoms with Crippen molar-refractivity contribution in [2.45, 2.75) is 44.2 Å². The number of aldehydes is 1. The molecule has 1 aromatic heterocycles. The molecule has 2 heterocycles. The first-order valence-electron chi connectivity index (χ1n) is 11.9. The molecule has 1 aromatic carbocycles. The van der Waals surface area contributed by atoms with Crippen LogP contribution in [0.5, 0.6) is 0 Å². The molecule has 8 nitrogen and oxygen atoms in total. The van der Waals surface area contributed by atoms with Gasteiger partial charge < -0.3 is 25.9 Å². The highest BCUT2D eigenvalue weighted by Gasteiger charge is 2.34. The second-order valence-corrected chi connectivity index (χ2v) is 9.28. The molecule has 0 spiro atoms. The Morgan fingerprint density at radius 1 is 1.12 bits per heavy atom. The zero-order valence-electron chi connectivity index (χ0n) is 18.9. The fourth-order valence-corrected chi connectivity index (χ4v) is 5.39. The largest absolute Gasteiger partial charge is 0.512 e. The minimum Gasteiger partial charge on any atom is -0.512 e. The van der Waals surface area contributed by atoms with Gasteiger partial charge in [-0.25, -0.2) is 9.97 Å². The fourth-order valence-electron chi connectivity index (χ4n) is 5.39. The summed E-state index contributed by atoms with van der Waals surface area (Å²) < 4.78 is 0. The summed E-state index contributed by atoms with van der Waals surface area (Å²) in [7, 11) is 0. The molecule has 2 aromatic rings. The number of nitrogens with two attached hydrogens (primary N) is 1. The summed E-state index contributed by atoms with van der Waals surface area (Å²) in [5.41, 5.74) is 9.97. The third-order valence-electron chi connectivity index (χ3n) is 7.28. The Morgan fingerprint density at radius 3 is 2.55 bits per heavy atom. The molecule has 0 bridgehead atoms. The summed E-state index contributed by atoms with van der Waals surface area (Å²) in [5.74, 6) is 1.49. The first kappa shape index (κ1) is 21.9. The first-order chi connectivity index (χ1) is 16.1. The number of aliphatic hydroxyl groups is 1. The molecule has 1 aliphatic heterocycles. The Morgan fingerprint density at radius 2 is 1.85 bits per heavy atom. The Hall–Kier alpha value is -2.97. The summed E-state index contributed by atoms with van der Waals surface area (Å²) in [6.07, 6.45) is 9.53. The van der Waals surface area contributed by atoms with Crippen LogP contribution in [0.15, 0.2) is 42.3 Å². The van der Waals surface area contributed by atoms with Crippen molar-refractivity contribution in [1.82, 2.24) is 14.9 Å². The number of aliphatic hydroxyl groups excluding tert-OH is 1. The number of rotatable bonds is 6. The van der Waals surface area contributed by atoms with E-state index in [9.17, 15) is 9.90 Å². The number of fused-ring (bicyclic) bond motifs is 1. The van der Waals surface area contributed by atoms with Gasteiger partial charge in [0.2, 0.25) is 5.95 Å². The van der Waals surface area contributed by atoms with Gasteiger partial charge in [0.25, 0.3) is 0 Å². The smallest absolute Gasteiger partial charge is 0.227 e. The summed E-state index contributed by atoms with van der Waals surface area (Å²) in [5, 5.41) is 14.0. The van der Waals surface area contributed by atoms with E-state index in [-0.39, 0.29) is 5.92 Å². The van der Waals surface area contributed by atoms with E-state index in [2.05, 4.69) is 27.3 Å². The normalized spacial score (nSPS) is 22.5. The van der Waals surface area contributed by atoms with E-state index in [1.54, 1.807) is 0 Å². The fraction of sp³-hybridized carbons (Fsp3) is 0.480. The second-order valence-electron chi connectivity index (χ2n) is 9.28. The molecule has 174 valence electrons. The molecule has 2 atom stereocenters. The van der Waals surface area contributed by atoms with E-state index in [1.165, 1.54) is 12.8 Å². The number of carbonyl (C=O) groups is 1. The lowest BCUT2D eigenvalue weighted by Crippen LogP contribution is -2.53. The molecule has 3 aliphatic rings. The van der Waals surface area contributed by atoms with Gasteiger partial charge in [-0.1, -0.05) is 12.8 Å². The zero-order valence-corrected chi connectivity index (χ0v) is 18.9. The van der Waals surface area contributed by atoms with E-state index in [1.807, 2.05) is 29.3 Å². The maximum absolute atomic E-state index is 10.9. The lowest BCUT2D eigenvalue weighted by molar-refractivity contribution is -0.112. The van der Waals surface area contributed by atoms with Crippen LogP contribution in [0, 0.1) is 5.92 Å². The molecule has 0 amide bonds. The van der Waals surface area contributed by atoms with Crippen LogP contribution in [0.2, 0.25) is 0 Å². The second kappa shape index (κ2) is 9.49. The number of hydrogen-bond donors (Lipinski definition) is 3. The number of anilines is 3. The molecular weight excluding hydrogens is 416 g/mol. The van der Waals surface area contributed by atoms with E-state index in [0.29, 0.717) is 24.0 Å². The number of nitrogens with zero attached hydrogens (tertiary/aromatic N) is 4. The number of allylic oxidation sites excluding steroid dienone is 2. The average molecular weight is 449 g/mol. The Kier molecular flexibility index (Phi) is 6.28. The van der Waals surface area contributed by atoms with Crippen LogP contribution in [-0.4, -0.2) is 58.6 Å². The molecular formula is C25H32N6O2. The van der Waals surface area contributed by atoms with Crippen LogP contribution < -0.4 is 16.0 Å². The molecule has 2 fully saturated rings. The molecule has 5 rings (SSSR count).